The molecule has 0 aliphatic carbocycles. The van der Waals surface area contributed by atoms with Crippen LogP contribution in [0.2, 0.25) is 5.28 Å². The summed E-state index contributed by atoms with van der Waals surface area (Å²) in [5.74, 6) is 0.649. The lowest BCUT2D eigenvalue weighted by atomic mass is 10.2. The second kappa shape index (κ2) is 5.82. The molecule has 3 heterocycles. The molecule has 1 atom stereocenters. The standard InChI is InChI=1S/C14H20ClN5O3S/c1-9-8-23-6-5-19(9)11-10-7-16-20(12(10)18-13(15)17-11)14(2,3)24(4,21)22/h7,9H,5-6,8H2,1-4H3/t9-/m1/s1. The van der Waals surface area contributed by atoms with E-state index in [1.54, 1.807) is 20.0 Å². The van der Waals surface area contributed by atoms with Crippen LogP contribution < -0.4 is 4.90 Å². The van der Waals surface area contributed by atoms with E-state index in [1.807, 2.05) is 6.92 Å². The van der Waals surface area contributed by atoms with Crippen molar-refractivity contribution in [2.24, 2.45) is 0 Å². The average molecular weight is 374 g/mol. The molecule has 0 bridgehead atoms. The first-order valence-corrected chi connectivity index (χ1v) is 9.85. The van der Waals surface area contributed by atoms with E-state index >= 15 is 0 Å². The lowest BCUT2D eigenvalue weighted by Gasteiger charge is -2.34. The summed E-state index contributed by atoms with van der Waals surface area (Å²) in [5, 5.41) is 5.00. The van der Waals surface area contributed by atoms with Gasteiger partial charge in [0.2, 0.25) is 5.28 Å². The van der Waals surface area contributed by atoms with Crippen molar-refractivity contribution in [3.63, 3.8) is 0 Å². The summed E-state index contributed by atoms with van der Waals surface area (Å²) in [5.41, 5.74) is 0.402. The molecule has 0 unspecified atom stereocenters. The quantitative estimate of drug-likeness (QED) is 0.752. The zero-order valence-corrected chi connectivity index (χ0v) is 15.6. The third-order valence-electron chi connectivity index (χ3n) is 4.44. The number of nitrogens with zero attached hydrogens (tertiary/aromatic N) is 5. The summed E-state index contributed by atoms with van der Waals surface area (Å²) in [6.45, 7) is 7.06. The summed E-state index contributed by atoms with van der Waals surface area (Å²) in [6, 6.07) is 0.124. The predicted molar refractivity (Wildman–Crippen MR) is 92.1 cm³/mol. The van der Waals surface area contributed by atoms with Gasteiger partial charge in [0.1, 0.15) is 5.82 Å². The molecule has 2 aromatic heterocycles. The molecule has 1 saturated heterocycles. The molecule has 0 amide bonds. The normalized spacial score (nSPS) is 19.9. The maximum atomic E-state index is 12.2. The van der Waals surface area contributed by atoms with E-state index in [2.05, 4.69) is 20.0 Å². The van der Waals surface area contributed by atoms with Crippen LogP contribution in [0.4, 0.5) is 5.82 Å². The summed E-state index contributed by atoms with van der Waals surface area (Å²) in [4.78, 5) is 9.42. The Morgan fingerprint density at radius 2 is 2.08 bits per heavy atom. The zero-order valence-electron chi connectivity index (χ0n) is 14.0. The zero-order chi connectivity index (χ0) is 17.7. The predicted octanol–water partition coefficient (Wildman–Crippen LogP) is 1.44. The highest BCUT2D eigenvalue weighted by atomic mass is 35.5. The van der Waals surface area contributed by atoms with E-state index in [9.17, 15) is 8.42 Å². The van der Waals surface area contributed by atoms with Crippen LogP contribution in [0, 0.1) is 0 Å². The van der Waals surface area contributed by atoms with Crippen LogP contribution in [0.15, 0.2) is 6.20 Å². The number of ether oxygens (including phenoxy) is 1. The molecule has 24 heavy (non-hydrogen) atoms. The van der Waals surface area contributed by atoms with Crippen LogP contribution >= 0.6 is 11.6 Å². The second-order valence-electron chi connectivity index (χ2n) is 6.45. The van der Waals surface area contributed by atoms with Gasteiger partial charge in [0.15, 0.2) is 20.4 Å². The van der Waals surface area contributed by atoms with Gasteiger partial charge in [-0.05, 0) is 32.4 Å². The molecule has 0 N–H and O–H groups in total. The van der Waals surface area contributed by atoms with Gasteiger partial charge in [0.05, 0.1) is 30.8 Å². The van der Waals surface area contributed by atoms with Gasteiger partial charge in [-0.15, -0.1) is 0 Å². The lowest BCUT2D eigenvalue weighted by molar-refractivity contribution is 0.0987. The first-order chi connectivity index (χ1) is 11.1. The van der Waals surface area contributed by atoms with Crippen molar-refractivity contribution in [2.75, 3.05) is 30.9 Å². The smallest absolute Gasteiger partial charge is 0.226 e. The molecule has 0 saturated carbocycles. The molecule has 0 aromatic carbocycles. The molecule has 0 radical (unpaired) electrons. The van der Waals surface area contributed by atoms with E-state index in [4.69, 9.17) is 16.3 Å². The van der Waals surface area contributed by atoms with Gasteiger partial charge in [-0.1, -0.05) is 0 Å². The maximum absolute atomic E-state index is 12.2. The highest BCUT2D eigenvalue weighted by Gasteiger charge is 2.36. The molecule has 1 aliphatic heterocycles. The van der Waals surface area contributed by atoms with Gasteiger partial charge >= 0.3 is 0 Å². The molecule has 1 aliphatic rings. The van der Waals surface area contributed by atoms with Crippen LogP contribution in [0.25, 0.3) is 11.0 Å². The highest BCUT2D eigenvalue weighted by Crippen LogP contribution is 2.32. The maximum Gasteiger partial charge on any atom is 0.226 e. The molecular weight excluding hydrogens is 354 g/mol. The Morgan fingerprint density at radius 1 is 1.38 bits per heavy atom. The van der Waals surface area contributed by atoms with E-state index in [0.29, 0.717) is 36.6 Å². The third kappa shape index (κ3) is 2.74. The van der Waals surface area contributed by atoms with Crippen LogP contribution in [-0.4, -0.2) is 60.2 Å². The van der Waals surface area contributed by atoms with Gasteiger partial charge in [0.25, 0.3) is 0 Å². The first kappa shape index (κ1) is 17.4. The monoisotopic (exact) mass is 373 g/mol. The Kier molecular flexibility index (Phi) is 4.21. The minimum atomic E-state index is -3.41. The van der Waals surface area contributed by atoms with Gasteiger partial charge in [-0.2, -0.15) is 15.1 Å². The summed E-state index contributed by atoms with van der Waals surface area (Å²) < 4.78 is 31.2. The van der Waals surface area contributed by atoms with Crippen molar-refractivity contribution in [1.82, 2.24) is 19.7 Å². The average Bonchev–Trinajstić information content (AvgIpc) is 2.90. The molecule has 1 fully saturated rings. The highest BCUT2D eigenvalue weighted by molar-refractivity contribution is 7.91. The number of halogens is 1. The fourth-order valence-electron chi connectivity index (χ4n) is 2.68. The van der Waals surface area contributed by atoms with Crippen molar-refractivity contribution in [1.29, 1.82) is 0 Å². The lowest BCUT2D eigenvalue weighted by Crippen LogP contribution is -2.44. The summed E-state index contributed by atoms with van der Waals surface area (Å²) in [6.07, 6.45) is 2.77. The van der Waals surface area contributed by atoms with E-state index in [0.717, 1.165) is 0 Å². The second-order valence-corrected chi connectivity index (χ2v) is 9.33. The minimum absolute atomic E-state index is 0.0576. The largest absolute Gasteiger partial charge is 0.377 e. The van der Waals surface area contributed by atoms with Crippen LogP contribution in [0.5, 0.6) is 0 Å². The van der Waals surface area contributed by atoms with Crippen molar-refractivity contribution in [3.05, 3.63) is 11.5 Å². The Hall–Kier alpha value is -1.45. The Morgan fingerprint density at radius 3 is 2.71 bits per heavy atom. The first-order valence-electron chi connectivity index (χ1n) is 7.58. The molecule has 8 nitrogen and oxygen atoms in total. The van der Waals surface area contributed by atoms with Crippen LogP contribution in [0.1, 0.15) is 20.8 Å². The van der Waals surface area contributed by atoms with E-state index in [-0.39, 0.29) is 11.3 Å². The molecule has 2 aromatic rings. The Bertz CT molecular complexity index is 880. The van der Waals surface area contributed by atoms with Gasteiger partial charge in [0, 0.05) is 12.8 Å². The van der Waals surface area contributed by atoms with Crippen LogP contribution in [0.3, 0.4) is 0 Å². The van der Waals surface area contributed by atoms with Gasteiger partial charge in [-0.25, -0.2) is 13.1 Å². The summed E-state index contributed by atoms with van der Waals surface area (Å²) >= 11 is 6.11. The van der Waals surface area contributed by atoms with Crippen molar-refractivity contribution < 1.29 is 13.2 Å². The number of morpholine rings is 1. The fraction of sp³-hybridized carbons (Fsp3) is 0.643. The fourth-order valence-corrected chi connectivity index (χ4v) is 3.29. The SMILES string of the molecule is C[C@@H]1COCCN1c1nc(Cl)nc2c1cnn2C(C)(C)S(C)(=O)=O. The third-order valence-corrected chi connectivity index (χ3v) is 6.60. The Balaban J connectivity index is 2.21. The van der Waals surface area contributed by atoms with Crippen molar-refractivity contribution in [3.8, 4) is 0 Å². The number of anilines is 1. The van der Waals surface area contributed by atoms with E-state index < -0.39 is 14.7 Å². The van der Waals surface area contributed by atoms with Crippen molar-refractivity contribution >= 4 is 38.3 Å². The summed E-state index contributed by atoms with van der Waals surface area (Å²) in [7, 11) is -3.41. The number of hydrogen-bond donors (Lipinski definition) is 0. The molecule has 0 spiro atoms. The van der Waals surface area contributed by atoms with Gasteiger partial charge < -0.3 is 9.64 Å². The molecule has 132 valence electrons. The van der Waals surface area contributed by atoms with Gasteiger partial charge in [-0.3, -0.25) is 0 Å². The minimum Gasteiger partial charge on any atom is -0.377 e. The topological polar surface area (TPSA) is 90.2 Å². The number of aromatic nitrogens is 4. The Labute approximate surface area is 145 Å². The number of fused-ring (bicyclic) bond motifs is 1. The van der Waals surface area contributed by atoms with E-state index in [1.165, 1.54) is 10.9 Å². The molecule has 3 rings (SSSR count). The number of sulfone groups is 1. The number of rotatable bonds is 3. The molecule has 10 heteroatoms. The number of hydrogen-bond acceptors (Lipinski definition) is 7. The van der Waals surface area contributed by atoms with Crippen LogP contribution in [-0.2, 0) is 19.4 Å². The van der Waals surface area contributed by atoms with Crippen molar-refractivity contribution in [2.45, 2.75) is 31.7 Å². The molecular formula is C14H20ClN5O3S.